The number of fused-ring (bicyclic) bond motifs is 2. The number of carbonyl (C=O) groups is 1. The summed E-state index contributed by atoms with van der Waals surface area (Å²) >= 11 is 3.53. The molecule has 1 saturated carbocycles. The molecule has 0 unspecified atom stereocenters. The summed E-state index contributed by atoms with van der Waals surface area (Å²) in [5, 5.41) is 12.8. The van der Waals surface area contributed by atoms with Crippen molar-refractivity contribution in [2.24, 2.45) is 5.92 Å². The number of nitrogens with zero attached hydrogens (tertiary/aromatic N) is 5. The molecule has 0 saturated heterocycles. The van der Waals surface area contributed by atoms with Crippen LogP contribution in [0.5, 0.6) is 0 Å². The first-order valence-electron chi connectivity index (χ1n) is 10.9. The van der Waals surface area contributed by atoms with Gasteiger partial charge in [0.2, 0.25) is 11.9 Å². The zero-order chi connectivity index (χ0) is 22.8. The molecule has 0 bridgehead atoms. The van der Waals surface area contributed by atoms with Crippen LogP contribution in [0.4, 0.5) is 5.95 Å². The summed E-state index contributed by atoms with van der Waals surface area (Å²) in [6.45, 7) is 1.05. The topological polar surface area (TPSA) is 107 Å². The van der Waals surface area contributed by atoms with Gasteiger partial charge in [0.25, 0.3) is 0 Å². The molecular weight excluding hydrogens is 486 g/mol. The smallest absolute Gasteiger partial charge is 0.224 e. The molecule has 0 aliphatic heterocycles. The van der Waals surface area contributed by atoms with Crippen LogP contribution in [0, 0.1) is 5.92 Å². The summed E-state index contributed by atoms with van der Waals surface area (Å²) in [5.74, 6) is 0.610. The number of ether oxygens (including phenoxy) is 1. The number of hydrogen-bond donors (Lipinski definition) is 2. The molecule has 33 heavy (non-hydrogen) atoms. The van der Waals surface area contributed by atoms with Gasteiger partial charge in [0, 0.05) is 43.4 Å². The minimum absolute atomic E-state index is 0.00558. The van der Waals surface area contributed by atoms with Crippen molar-refractivity contribution >= 4 is 49.7 Å². The zero-order valence-corrected chi connectivity index (χ0v) is 19.7. The van der Waals surface area contributed by atoms with Crippen LogP contribution in [0.15, 0.2) is 47.3 Å². The average molecular weight is 510 g/mol. The molecule has 0 spiro atoms. The summed E-state index contributed by atoms with van der Waals surface area (Å²) in [7, 11) is 1.63. The first kappa shape index (κ1) is 21.7. The number of rotatable bonds is 7. The molecule has 3 heterocycles. The van der Waals surface area contributed by atoms with Crippen molar-refractivity contribution in [2.75, 3.05) is 25.6 Å². The minimum Gasteiger partial charge on any atom is -0.383 e. The van der Waals surface area contributed by atoms with E-state index in [-0.39, 0.29) is 17.9 Å². The number of carbonyl (C=O) groups excluding carboxylic acids is 1. The van der Waals surface area contributed by atoms with Crippen LogP contribution in [-0.4, -0.2) is 56.9 Å². The Bertz CT molecular complexity index is 1310. The van der Waals surface area contributed by atoms with E-state index in [4.69, 9.17) is 9.72 Å². The van der Waals surface area contributed by atoms with E-state index in [1.54, 1.807) is 24.2 Å². The van der Waals surface area contributed by atoms with Crippen LogP contribution in [-0.2, 0) is 9.53 Å². The lowest BCUT2D eigenvalue weighted by Gasteiger charge is -2.14. The van der Waals surface area contributed by atoms with Gasteiger partial charge in [-0.05, 0) is 59.5 Å². The number of halogens is 1. The molecule has 1 aliphatic rings. The van der Waals surface area contributed by atoms with Gasteiger partial charge in [0.05, 0.1) is 23.2 Å². The molecule has 0 radical (unpaired) electrons. The number of aromatic nitrogens is 5. The Morgan fingerprint density at radius 2 is 2.18 bits per heavy atom. The number of anilines is 1. The first-order chi connectivity index (χ1) is 16.1. The molecular formula is C23H24BrN7O2. The molecule has 1 fully saturated rings. The average Bonchev–Trinajstić information content (AvgIpc) is 3.43. The fraction of sp³-hybridized carbons (Fsp3) is 0.348. The third-order valence-electron chi connectivity index (χ3n) is 5.95. The van der Waals surface area contributed by atoms with E-state index < -0.39 is 0 Å². The number of pyridine rings is 1. The van der Waals surface area contributed by atoms with Crippen LogP contribution in [0.25, 0.3) is 27.6 Å². The van der Waals surface area contributed by atoms with Gasteiger partial charge >= 0.3 is 0 Å². The molecule has 9 nitrogen and oxygen atoms in total. The van der Waals surface area contributed by atoms with Gasteiger partial charge in [0.15, 0.2) is 5.65 Å². The van der Waals surface area contributed by atoms with Crippen LogP contribution >= 0.6 is 15.9 Å². The van der Waals surface area contributed by atoms with Crippen LogP contribution in [0.1, 0.15) is 19.3 Å². The molecule has 10 heteroatoms. The van der Waals surface area contributed by atoms with Gasteiger partial charge < -0.3 is 15.4 Å². The number of benzene rings is 1. The molecule has 1 amide bonds. The van der Waals surface area contributed by atoms with Crippen molar-refractivity contribution in [1.29, 1.82) is 0 Å². The Balaban J connectivity index is 1.36. The number of amides is 1. The van der Waals surface area contributed by atoms with E-state index in [2.05, 4.69) is 41.6 Å². The summed E-state index contributed by atoms with van der Waals surface area (Å²) < 4.78 is 7.49. The van der Waals surface area contributed by atoms with Crippen molar-refractivity contribution < 1.29 is 9.53 Å². The first-order valence-corrected chi connectivity index (χ1v) is 11.7. The van der Waals surface area contributed by atoms with E-state index in [0.717, 1.165) is 41.2 Å². The van der Waals surface area contributed by atoms with Crippen molar-refractivity contribution in [1.82, 2.24) is 30.0 Å². The third kappa shape index (κ3) is 4.53. The van der Waals surface area contributed by atoms with Crippen molar-refractivity contribution in [3.8, 4) is 5.69 Å². The molecule has 1 aliphatic carbocycles. The number of methoxy groups -OCH3 is 1. The lowest BCUT2D eigenvalue weighted by molar-refractivity contribution is -0.125. The van der Waals surface area contributed by atoms with Gasteiger partial charge in [-0.3, -0.25) is 9.78 Å². The van der Waals surface area contributed by atoms with E-state index in [0.29, 0.717) is 29.4 Å². The number of nitrogens with one attached hydrogen (secondary N) is 2. The van der Waals surface area contributed by atoms with Crippen LogP contribution < -0.4 is 10.6 Å². The summed E-state index contributed by atoms with van der Waals surface area (Å²) in [6, 6.07) is 10.1. The van der Waals surface area contributed by atoms with Crippen molar-refractivity contribution in [2.45, 2.75) is 25.3 Å². The summed E-state index contributed by atoms with van der Waals surface area (Å²) in [4.78, 5) is 26.0. The predicted octanol–water partition coefficient (Wildman–Crippen LogP) is 3.47. The van der Waals surface area contributed by atoms with Gasteiger partial charge in [-0.2, -0.15) is 10.1 Å². The highest BCUT2D eigenvalue weighted by Gasteiger charge is 2.30. The van der Waals surface area contributed by atoms with Crippen molar-refractivity contribution in [3.05, 3.63) is 47.3 Å². The molecule has 2 atom stereocenters. The third-order valence-corrected chi connectivity index (χ3v) is 6.54. The van der Waals surface area contributed by atoms with E-state index in [1.165, 1.54) is 0 Å². The maximum absolute atomic E-state index is 12.3. The predicted molar refractivity (Wildman–Crippen MR) is 129 cm³/mol. The second-order valence-corrected chi connectivity index (χ2v) is 8.90. The highest BCUT2D eigenvalue weighted by molar-refractivity contribution is 9.10. The lowest BCUT2D eigenvalue weighted by atomic mass is 10.1. The maximum Gasteiger partial charge on any atom is 0.224 e. The zero-order valence-electron chi connectivity index (χ0n) is 18.2. The van der Waals surface area contributed by atoms with Crippen molar-refractivity contribution in [3.63, 3.8) is 0 Å². The molecule has 3 aromatic heterocycles. The van der Waals surface area contributed by atoms with Gasteiger partial charge in [-0.1, -0.05) is 6.07 Å². The monoisotopic (exact) mass is 509 g/mol. The highest BCUT2D eigenvalue weighted by atomic mass is 79.9. The van der Waals surface area contributed by atoms with Crippen LogP contribution in [0.2, 0.25) is 0 Å². The van der Waals surface area contributed by atoms with Gasteiger partial charge in [0.1, 0.15) is 4.60 Å². The normalized spacial score (nSPS) is 18.1. The molecule has 2 N–H and O–H groups in total. The standard InChI is InChI=1S/C23H24BrN7O2/c1-33-10-9-26-22(32)15-4-5-16(11-15)28-23-27-13-18-20(24)30-31(21(18)29-23)17-6-7-19-14(12-17)3-2-8-25-19/h2-3,6-8,12-13,15-16H,4-5,9-11H2,1H3,(H,26,32)(H,27,28,29)/t15-,16+/m1/s1. The Morgan fingerprint density at radius 3 is 3.06 bits per heavy atom. The molecule has 170 valence electrons. The fourth-order valence-electron chi connectivity index (χ4n) is 4.27. The van der Waals surface area contributed by atoms with E-state index in [1.807, 2.05) is 30.3 Å². The number of hydrogen-bond acceptors (Lipinski definition) is 7. The largest absolute Gasteiger partial charge is 0.383 e. The lowest BCUT2D eigenvalue weighted by Crippen LogP contribution is -2.32. The quantitative estimate of drug-likeness (QED) is 0.367. The van der Waals surface area contributed by atoms with E-state index >= 15 is 0 Å². The Hall–Kier alpha value is -3.11. The summed E-state index contributed by atoms with van der Waals surface area (Å²) in [6.07, 6.45) is 6.03. The van der Waals surface area contributed by atoms with Crippen LogP contribution in [0.3, 0.4) is 0 Å². The molecule has 4 aromatic rings. The summed E-state index contributed by atoms with van der Waals surface area (Å²) in [5.41, 5.74) is 2.52. The molecule has 1 aromatic carbocycles. The van der Waals surface area contributed by atoms with Gasteiger partial charge in [-0.25, -0.2) is 9.67 Å². The second kappa shape index (κ2) is 9.40. The Morgan fingerprint density at radius 1 is 1.27 bits per heavy atom. The SMILES string of the molecule is COCCNC(=O)[C@@H]1CC[C@H](Nc2ncc3c(Br)nn(-c4ccc5ncccc5c4)c3n2)C1. The highest BCUT2D eigenvalue weighted by Crippen LogP contribution is 2.29. The second-order valence-electron chi connectivity index (χ2n) is 8.15. The van der Waals surface area contributed by atoms with E-state index in [9.17, 15) is 4.79 Å². The maximum atomic E-state index is 12.3. The van der Waals surface area contributed by atoms with Gasteiger partial charge in [-0.15, -0.1) is 0 Å². The minimum atomic E-state index is -0.00558. The Labute approximate surface area is 199 Å². The Kier molecular flexibility index (Phi) is 6.19. The fourth-order valence-corrected chi connectivity index (χ4v) is 4.71. The molecule has 5 rings (SSSR count).